The van der Waals surface area contributed by atoms with Crippen molar-refractivity contribution >= 4 is 17.5 Å². The Morgan fingerprint density at radius 3 is 2.43 bits per heavy atom. The van der Waals surface area contributed by atoms with E-state index in [0.717, 1.165) is 10.2 Å². The fourth-order valence-corrected chi connectivity index (χ4v) is 2.77. The van der Waals surface area contributed by atoms with E-state index in [9.17, 15) is 22.4 Å². The number of amides is 1. The molecule has 0 radical (unpaired) electrons. The van der Waals surface area contributed by atoms with Crippen LogP contribution in [0, 0.1) is 5.82 Å². The van der Waals surface area contributed by atoms with Gasteiger partial charge in [-0.25, -0.2) is 9.07 Å². The zero-order valence-corrected chi connectivity index (χ0v) is 15.1. The first-order valence-electron chi connectivity index (χ1n) is 8.20. The highest BCUT2D eigenvalue weighted by Crippen LogP contribution is 2.30. The van der Waals surface area contributed by atoms with E-state index >= 15 is 0 Å². The molecule has 1 N–H and O–H groups in total. The highest BCUT2D eigenvalue weighted by Gasteiger charge is 2.36. The van der Waals surface area contributed by atoms with Crippen LogP contribution in [0.25, 0.3) is 5.69 Å². The van der Waals surface area contributed by atoms with E-state index in [-0.39, 0.29) is 28.8 Å². The molecule has 3 aromatic rings. The molecule has 0 aliphatic heterocycles. The van der Waals surface area contributed by atoms with Crippen molar-refractivity contribution < 1.29 is 22.4 Å². The Hall–Kier alpha value is -2.87. The fourth-order valence-electron chi connectivity index (χ4n) is 2.55. The number of alkyl halides is 3. The minimum absolute atomic E-state index is 0.152. The lowest BCUT2D eigenvalue weighted by Gasteiger charge is -2.10. The first-order valence-corrected chi connectivity index (χ1v) is 8.58. The maximum atomic E-state index is 13.1. The number of rotatable bonds is 5. The second-order valence-electron chi connectivity index (χ2n) is 5.91. The van der Waals surface area contributed by atoms with E-state index < -0.39 is 17.8 Å². The van der Waals surface area contributed by atoms with Gasteiger partial charge in [0, 0.05) is 12.6 Å². The summed E-state index contributed by atoms with van der Waals surface area (Å²) in [7, 11) is 0. The number of benzene rings is 2. The normalized spacial score (nSPS) is 11.5. The lowest BCUT2D eigenvalue weighted by molar-refractivity contribution is -0.141. The molecule has 0 atom stereocenters. The van der Waals surface area contributed by atoms with Crippen LogP contribution in [-0.4, -0.2) is 22.2 Å². The summed E-state index contributed by atoms with van der Waals surface area (Å²) in [5, 5.41) is 6.22. The van der Waals surface area contributed by atoms with Crippen LogP contribution in [-0.2, 0) is 12.6 Å². The molecule has 0 saturated heterocycles. The van der Waals surface area contributed by atoms with Gasteiger partial charge < -0.3 is 5.32 Å². The van der Waals surface area contributed by atoms with E-state index in [4.69, 9.17) is 11.6 Å². The Kier molecular flexibility index (Phi) is 5.69. The molecule has 0 unspecified atom stereocenters. The number of nitrogens with one attached hydrogen (secondary N) is 1. The van der Waals surface area contributed by atoms with Crippen LogP contribution in [0.5, 0.6) is 0 Å². The Morgan fingerprint density at radius 1 is 1.11 bits per heavy atom. The van der Waals surface area contributed by atoms with Crippen molar-refractivity contribution in [1.29, 1.82) is 0 Å². The van der Waals surface area contributed by atoms with Gasteiger partial charge in [0.1, 0.15) is 11.5 Å². The summed E-state index contributed by atoms with van der Waals surface area (Å²) in [5.74, 6) is -1.11. The van der Waals surface area contributed by atoms with Crippen molar-refractivity contribution in [2.75, 3.05) is 6.54 Å². The number of carbonyl (C=O) groups is 1. The van der Waals surface area contributed by atoms with Crippen molar-refractivity contribution in [3.8, 4) is 5.69 Å². The summed E-state index contributed by atoms with van der Waals surface area (Å²) in [5.41, 5.74) is -0.559. The van der Waals surface area contributed by atoms with Gasteiger partial charge in [-0.05, 0) is 36.2 Å². The first-order chi connectivity index (χ1) is 13.3. The van der Waals surface area contributed by atoms with Crippen molar-refractivity contribution in [3.63, 3.8) is 0 Å². The Morgan fingerprint density at radius 2 is 1.79 bits per heavy atom. The lowest BCUT2D eigenvalue weighted by Crippen LogP contribution is -2.27. The Bertz CT molecular complexity index is 984. The summed E-state index contributed by atoms with van der Waals surface area (Å²) in [6, 6.07) is 12.5. The van der Waals surface area contributed by atoms with Crippen LogP contribution in [0.4, 0.5) is 17.6 Å². The fraction of sp³-hybridized carbons (Fsp3) is 0.158. The Labute approximate surface area is 162 Å². The SMILES string of the molecule is O=C(NCCc1ccc(F)cc1)c1cc(C(F)(F)F)nn1-c1ccccc1Cl. The number of carbonyl (C=O) groups excluding carboxylic acids is 1. The average molecular weight is 412 g/mol. The van der Waals surface area contributed by atoms with Crippen LogP contribution < -0.4 is 5.32 Å². The van der Waals surface area contributed by atoms with Crippen LogP contribution in [0.15, 0.2) is 54.6 Å². The molecule has 9 heteroatoms. The number of para-hydroxylation sites is 1. The third-order valence-corrected chi connectivity index (χ3v) is 4.25. The second-order valence-corrected chi connectivity index (χ2v) is 6.32. The van der Waals surface area contributed by atoms with E-state index in [1.54, 1.807) is 24.3 Å². The molecule has 0 bridgehead atoms. The van der Waals surface area contributed by atoms with E-state index in [2.05, 4.69) is 10.4 Å². The van der Waals surface area contributed by atoms with Crippen molar-refractivity contribution in [3.05, 3.63) is 82.4 Å². The van der Waals surface area contributed by atoms with Gasteiger partial charge in [-0.1, -0.05) is 35.9 Å². The number of hydrogen-bond donors (Lipinski definition) is 1. The molecule has 0 aliphatic carbocycles. The van der Waals surface area contributed by atoms with Gasteiger partial charge in [-0.15, -0.1) is 0 Å². The number of hydrogen-bond acceptors (Lipinski definition) is 2. The topological polar surface area (TPSA) is 46.9 Å². The lowest BCUT2D eigenvalue weighted by atomic mass is 10.1. The predicted octanol–water partition coefficient (Wildman–Crippen LogP) is 4.66. The standard InChI is InChI=1S/C19H14ClF4N3O/c20-14-3-1-2-4-15(14)27-16(11-17(26-27)19(22,23)24)18(28)25-10-9-12-5-7-13(21)8-6-12/h1-8,11H,9-10H2,(H,25,28). The molecule has 0 aliphatic rings. The van der Waals surface area contributed by atoms with Crippen LogP contribution in [0.3, 0.4) is 0 Å². The van der Waals surface area contributed by atoms with Crippen molar-refractivity contribution in [1.82, 2.24) is 15.1 Å². The van der Waals surface area contributed by atoms with E-state index in [1.807, 2.05) is 0 Å². The molecular formula is C19H14ClF4N3O. The maximum Gasteiger partial charge on any atom is 0.435 e. The van der Waals surface area contributed by atoms with Gasteiger partial charge in [0.05, 0.1) is 10.7 Å². The van der Waals surface area contributed by atoms with Crippen LogP contribution >= 0.6 is 11.6 Å². The van der Waals surface area contributed by atoms with E-state index in [1.165, 1.54) is 24.3 Å². The highest BCUT2D eigenvalue weighted by molar-refractivity contribution is 6.32. The average Bonchev–Trinajstić information content (AvgIpc) is 3.09. The molecule has 1 amide bonds. The molecule has 28 heavy (non-hydrogen) atoms. The summed E-state index contributed by atoms with van der Waals surface area (Å²) < 4.78 is 53.1. The summed E-state index contributed by atoms with van der Waals surface area (Å²) in [6.07, 6.45) is -4.33. The molecule has 4 nitrogen and oxygen atoms in total. The van der Waals surface area contributed by atoms with Crippen molar-refractivity contribution in [2.45, 2.75) is 12.6 Å². The highest BCUT2D eigenvalue weighted by atomic mass is 35.5. The molecule has 146 valence electrons. The summed E-state index contributed by atoms with van der Waals surface area (Å²) in [6.45, 7) is 0.152. The summed E-state index contributed by atoms with van der Waals surface area (Å²) in [4.78, 5) is 12.5. The molecule has 3 rings (SSSR count). The molecule has 1 heterocycles. The monoisotopic (exact) mass is 411 g/mol. The van der Waals surface area contributed by atoms with Gasteiger partial charge in [-0.2, -0.15) is 18.3 Å². The third-order valence-electron chi connectivity index (χ3n) is 3.93. The maximum absolute atomic E-state index is 13.1. The number of halogens is 5. The number of nitrogens with zero attached hydrogens (tertiary/aromatic N) is 2. The zero-order chi connectivity index (χ0) is 20.3. The molecule has 1 aromatic heterocycles. The molecule has 0 spiro atoms. The van der Waals surface area contributed by atoms with Crippen LogP contribution in [0.2, 0.25) is 5.02 Å². The minimum atomic E-state index is -4.71. The molecule has 0 fully saturated rings. The van der Waals surface area contributed by atoms with Gasteiger partial charge in [0.25, 0.3) is 5.91 Å². The van der Waals surface area contributed by atoms with E-state index in [0.29, 0.717) is 12.5 Å². The van der Waals surface area contributed by atoms with Crippen molar-refractivity contribution in [2.24, 2.45) is 0 Å². The van der Waals surface area contributed by atoms with Gasteiger partial charge in [-0.3, -0.25) is 4.79 Å². The predicted molar refractivity (Wildman–Crippen MR) is 96.0 cm³/mol. The second kappa shape index (κ2) is 8.02. The Balaban J connectivity index is 1.83. The molecule has 0 saturated carbocycles. The minimum Gasteiger partial charge on any atom is -0.350 e. The first kappa shape index (κ1) is 19.9. The molecule has 2 aromatic carbocycles. The third kappa shape index (κ3) is 4.51. The molecular weight excluding hydrogens is 398 g/mol. The summed E-state index contributed by atoms with van der Waals surface area (Å²) >= 11 is 6.05. The smallest absolute Gasteiger partial charge is 0.350 e. The largest absolute Gasteiger partial charge is 0.435 e. The number of aromatic nitrogens is 2. The quantitative estimate of drug-likeness (QED) is 0.621. The van der Waals surface area contributed by atoms with Gasteiger partial charge >= 0.3 is 6.18 Å². The van der Waals surface area contributed by atoms with Crippen LogP contribution in [0.1, 0.15) is 21.7 Å². The van der Waals surface area contributed by atoms with Gasteiger partial charge in [0.15, 0.2) is 5.69 Å². The zero-order valence-electron chi connectivity index (χ0n) is 14.3. The van der Waals surface area contributed by atoms with Gasteiger partial charge in [0.2, 0.25) is 0 Å².